The number of carbonyl (C=O) groups is 1. The minimum Gasteiger partial charge on any atom is -0.493 e. The first-order valence-corrected chi connectivity index (χ1v) is 10.3. The minimum absolute atomic E-state index is 0.107. The number of rotatable bonds is 6. The highest BCUT2D eigenvalue weighted by atomic mass is 32.2. The number of ether oxygens (including phenoxy) is 2. The Kier molecular flexibility index (Phi) is 5.41. The third kappa shape index (κ3) is 3.71. The number of nitrogens with one attached hydrogen (secondary N) is 1. The van der Waals surface area contributed by atoms with Crippen LogP contribution in [0.25, 0.3) is 0 Å². The quantitative estimate of drug-likeness (QED) is 0.815. The van der Waals surface area contributed by atoms with Gasteiger partial charge in [-0.15, -0.1) is 0 Å². The van der Waals surface area contributed by atoms with Gasteiger partial charge in [-0.3, -0.25) is 4.79 Å². The number of fused-ring (bicyclic) bond motifs is 1. The van der Waals surface area contributed by atoms with Gasteiger partial charge in [0.15, 0.2) is 11.5 Å². The molecule has 5 heteroatoms. The Bertz CT molecular complexity index is 833. The summed E-state index contributed by atoms with van der Waals surface area (Å²) in [5.41, 5.74) is 2.32. The van der Waals surface area contributed by atoms with Gasteiger partial charge < -0.3 is 14.8 Å². The van der Waals surface area contributed by atoms with Crippen LogP contribution in [0.3, 0.4) is 0 Å². The monoisotopic (exact) mass is 383 g/mol. The zero-order valence-electron chi connectivity index (χ0n) is 15.8. The Balaban J connectivity index is 1.85. The van der Waals surface area contributed by atoms with Crippen LogP contribution >= 0.6 is 11.8 Å². The fourth-order valence-electron chi connectivity index (χ4n) is 3.78. The second-order valence-corrected chi connectivity index (χ2v) is 8.19. The third-order valence-electron chi connectivity index (χ3n) is 5.33. The van der Waals surface area contributed by atoms with Gasteiger partial charge in [-0.2, -0.15) is 0 Å². The van der Waals surface area contributed by atoms with Gasteiger partial charge in [-0.25, -0.2) is 0 Å². The Morgan fingerprint density at radius 3 is 2.59 bits per heavy atom. The average molecular weight is 384 g/mol. The molecule has 1 unspecified atom stereocenters. The summed E-state index contributed by atoms with van der Waals surface area (Å²) >= 11 is 1.69. The molecule has 4 nitrogen and oxygen atoms in total. The van der Waals surface area contributed by atoms with E-state index in [0.717, 1.165) is 46.9 Å². The molecular formula is C22H25NO3S. The number of hydrogen-bond donors (Lipinski definition) is 1. The summed E-state index contributed by atoms with van der Waals surface area (Å²) in [4.78, 5) is 15.2. The second-order valence-electron chi connectivity index (χ2n) is 7.11. The second kappa shape index (κ2) is 7.95. The summed E-state index contributed by atoms with van der Waals surface area (Å²) in [6, 6.07) is 12.3. The van der Waals surface area contributed by atoms with Crippen molar-refractivity contribution in [1.82, 2.24) is 5.32 Å². The Hall–Kier alpha value is -1.98. The van der Waals surface area contributed by atoms with Gasteiger partial charge in [0, 0.05) is 17.4 Å². The maximum Gasteiger partial charge on any atom is 0.174 e. The summed E-state index contributed by atoms with van der Waals surface area (Å²) in [6.45, 7) is 1.56. The minimum atomic E-state index is -0.107. The topological polar surface area (TPSA) is 47.6 Å². The highest BCUT2D eigenvalue weighted by Crippen LogP contribution is 2.48. The first kappa shape index (κ1) is 18.4. The molecule has 142 valence electrons. The lowest BCUT2D eigenvalue weighted by Crippen LogP contribution is -2.26. The van der Waals surface area contributed by atoms with Crippen molar-refractivity contribution in [3.63, 3.8) is 0 Å². The van der Waals surface area contributed by atoms with E-state index in [9.17, 15) is 4.79 Å². The van der Waals surface area contributed by atoms with Gasteiger partial charge in [0.05, 0.1) is 25.0 Å². The summed E-state index contributed by atoms with van der Waals surface area (Å²) in [6.07, 6.45) is 2.94. The van der Waals surface area contributed by atoms with Crippen molar-refractivity contribution in [1.29, 1.82) is 0 Å². The Morgan fingerprint density at radius 2 is 1.93 bits per heavy atom. The number of methoxy groups -OCH3 is 2. The number of carbonyl (C=O) groups excluding carboxylic acids is 1. The van der Waals surface area contributed by atoms with E-state index >= 15 is 0 Å². The Labute approximate surface area is 164 Å². The molecule has 0 radical (unpaired) electrons. The molecule has 27 heavy (non-hydrogen) atoms. The smallest absolute Gasteiger partial charge is 0.174 e. The number of Topliss-reactive ketones (excluding diaryl/α,β-unsaturated/α-hetero) is 1. The molecule has 1 fully saturated rings. The molecule has 4 rings (SSSR count). The van der Waals surface area contributed by atoms with Gasteiger partial charge in [-0.1, -0.05) is 30.0 Å². The summed E-state index contributed by atoms with van der Waals surface area (Å²) in [5.74, 6) is 1.95. The average Bonchev–Trinajstić information content (AvgIpc) is 3.55. The van der Waals surface area contributed by atoms with E-state index in [1.165, 1.54) is 5.56 Å². The van der Waals surface area contributed by atoms with Gasteiger partial charge in [-0.05, 0) is 55.1 Å². The maximum absolute atomic E-state index is 13.0. The SMILES string of the molecule is COc1cc2c(c(Sc3ccccc3)c1OC)CCNCC2C(=O)C1CC1. The number of benzene rings is 2. The fraction of sp³-hybridized carbons (Fsp3) is 0.409. The van der Waals surface area contributed by atoms with E-state index in [4.69, 9.17) is 9.47 Å². The Morgan fingerprint density at radius 1 is 1.15 bits per heavy atom. The van der Waals surface area contributed by atoms with Gasteiger partial charge in [0.2, 0.25) is 0 Å². The van der Waals surface area contributed by atoms with E-state index in [1.807, 2.05) is 24.3 Å². The van der Waals surface area contributed by atoms with Crippen molar-refractivity contribution in [3.05, 3.63) is 47.5 Å². The molecule has 0 saturated heterocycles. The van der Waals surface area contributed by atoms with Crippen LogP contribution in [-0.4, -0.2) is 33.1 Å². The molecular weight excluding hydrogens is 358 g/mol. The molecule has 1 atom stereocenters. The van der Waals surface area contributed by atoms with Gasteiger partial charge in [0.1, 0.15) is 5.78 Å². The molecule has 0 bridgehead atoms. The zero-order valence-corrected chi connectivity index (χ0v) is 16.6. The van der Waals surface area contributed by atoms with Gasteiger partial charge >= 0.3 is 0 Å². The molecule has 1 heterocycles. The van der Waals surface area contributed by atoms with Crippen molar-refractivity contribution < 1.29 is 14.3 Å². The fourth-order valence-corrected chi connectivity index (χ4v) is 4.93. The number of ketones is 1. The largest absolute Gasteiger partial charge is 0.493 e. The molecule has 1 saturated carbocycles. The van der Waals surface area contributed by atoms with Crippen molar-refractivity contribution >= 4 is 17.5 Å². The molecule has 2 aromatic carbocycles. The van der Waals surface area contributed by atoms with Crippen LogP contribution in [0.4, 0.5) is 0 Å². The van der Waals surface area contributed by atoms with Crippen molar-refractivity contribution in [2.75, 3.05) is 27.3 Å². The molecule has 0 amide bonds. The van der Waals surface area contributed by atoms with Crippen LogP contribution in [0.5, 0.6) is 11.5 Å². The lowest BCUT2D eigenvalue weighted by atomic mass is 9.88. The number of hydrogen-bond acceptors (Lipinski definition) is 5. The lowest BCUT2D eigenvalue weighted by molar-refractivity contribution is -0.121. The first-order chi connectivity index (χ1) is 13.2. The molecule has 2 aliphatic rings. The summed E-state index contributed by atoms with van der Waals surface area (Å²) in [5, 5.41) is 3.46. The van der Waals surface area contributed by atoms with Crippen LogP contribution in [0.15, 0.2) is 46.2 Å². The lowest BCUT2D eigenvalue weighted by Gasteiger charge is -2.22. The maximum atomic E-state index is 13.0. The molecule has 0 aromatic heterocycles. The molecule has 2 aromatic rings. The zero-order chi connectivity index (χ0) is 18.8. The third-order valence-corrected chi connectivity index (χ3v) is 6.47. The highest BCUT2D eigenvalue weighted by Gasteiger charge is 2.38. The van der Waals surface area contributed by atoms with Crippen molar-refractivity contribution in [2.24, 2.45) is 5.92 Å². The van der Waals surface area contributed by atoms with E-state index in [1.54, 1.807) is 26.0 Å². The van der Waals surface area contributed by atoms with E-state index in [-0.39, 0.29) is 11.8 Å². The normalized spacial score (nSPS) is 19.1. The van der Waals surface area contributed by atoms with Crippen molar-refractivity contribution in [2.45, 2.75) is 35.0 Å². The van der Waals surface area contributed by atoms with Gasteiger partial charge in [0.25, 0.3) is 0 Å². The van der Waals surface area contributed by atoms with Crippen LogP contribution in [0.1, 0.15) is 29.9 Å². The summed E-state index contributed by atoms with van der Waals surface area (Å²) in [7, 11) is 3.34. The van der Waals surface area contributed by atoms with Crippen molar-refractivity contribution in [3.8, 4) is 11.5 Å². The standard InChI is InChI=1S/C22H25NO3S/c1-25-19-12-17-16(10-11-23-13-18(17)20(24)14-8-9-14)22(21(19)26-2)27-15-6-4-3-5-7-15/h3-7,12,14,18,23H,8-11,13H2,1-2H3. The predicted octanol–water partition coefficient (Wildman–Crippen LogP) is 4.06. The van der Waals surface area contributed by atoms with E-state index < -0.39 is 0 Å². The molecule has 1 aliphatic carbocycles. The molecule has 1 N–H and O–H groups in total. The predicted molar refractivity (Wildman–Crippen MR) is 107 cm³/mol. The van der Waals surface area contributed by atoms with Crippen LogP contribution in [0.2, 0.25) is 0 Å². The molecule has 1 aliphatic heterocycles. The first-order valence-electron chi connectivity index (χ1n) is 9.48. The van der Waals surface area contributed by atoms with Crippen LogP contribution in [0, 0.1) is 5.92 Å². The van der Waals surface area contributed by atoms with Crippen LogP contribution in [-0.2, 0) is 11.2 Å². The molecule has 0 spiro atoms. The highest BCUT2D eigenvalue weighted by molar-refractivity contribution is 7.99. The van der Waals surface area contributed by atoms with E-state index in [0.29, 0.717) is 18.1 Å². The van der Waals surface area contributed by atoms with Crippen LogP contribution < -0.4 is 14.8 Å². The van der Waals surface area contributed by atoms with E-state index in [2.05, 4.69) is 17.4 Å². The summed E-state index contributed by atoms with van der Waals surface area (Å²) < 4.78 is 11.4.